The second kappa shape index (κ2) is 5.89. The van der Waals surface area contributed by atoms with Crippen LogP contribution >= 0.6 is 23.2 Å². The van der Waals surface area contributed by atoms with Crippen molar-refractivity contribution in [2.45, 2.75) is 26.3 Å². The maximum atomic E-state index is 12.2. The summed E-state index contributed by atoms with van der Waals surface area (Å²) in [6.07, 6.45) is 0. The molecule has 0 spiro atoms. The fourth-order valence-electron chi connectivity index (χ4n) is 2.09. The van der Waals surface area contributed by atoms with Gasteiger partial charge in [0.25, 0.3) is 5.91 Å². The van der Waals surface area contributed by atoms with Crippen molar-refractivity contribution >= 4 is 40.9 Å². The van der Waals surface area contributed by atoms with Crippen LogP contribution in [0.2, 0.25) is 10.0 Å². The summed E-state index contributed by atoms with van der Waals surface area (Å²) < 4.78 is 4.75. The molecule has 1 heterocycles. The van der Waals surface area contributed by atoms with Crippen molar-refractivity contribution in [1.29, 1.82) is 0 Å². The Hall–Kier alpha value is -1.59. The van der Waals surface area contributed by atoms with Gasteiger partial charge in [0.15, 0.2) is 0 Å². The Morgan fingerprint density at radius 1 is 1.32 bits per heavy atom. The summed E-state index contributed by atoms with van der Waals surface area (Å²) in [6, 6.07) is 2.91. The average molecular weight is 343 g/mol. The zero-order chi connectivity index (χ0) is 16.7. The Labute approximate surface area is 138 Å². The molecule has 1 aromatic carbocycles. The quantitative estimate of drug-likeness (QED) is 0.858. The molecule has 0 fully saturated rings. The molecule has 0 bridgehead atoms. The normalized spacial score (nSPS) is 20.9. The van der Waals surface area contributed by atoms with E-state index in [9.17, 15) is 9.59 Å². The predicted molar refractivity (Wildman–Crippen MR) is 85.7 cm³/mol. The van der Waals surface area contributed by atoms with Crippen molar-refractivity contribution in [3.63, 3.8) is 0 Å². The van der Waals surface area contributed by atoms with Crippen LogP contribution < -0.4 is 5.32 Å². The minimum atomic E-state index is -0.894. The van der Waals surface area contributed by atoms with E-state index in [1.54, 1.807) is 6.92 Å². The van der Waals surface area contributed by atoms with Crippen LogP contribution in [-0.2, 0) is 9.53 Å². The van der Waals surface area contributed by atoms with Gasteiger partial charge in [-0.25, -0.2) is 4.79 Å². The third-order valence-electron chi connectivity index (χ3n) is 3.88. The molecule has 1 aliphatic rings. The highest BCUT2D eigenvalue weighted by Gasteiger charge is 2.42. The number of benzene rings is 1. The maximum Gasteiger partial charge on any atom is 0.338 e. The fraction of sp³-hybridized carbons (Fsp3) is 0.400. The molecule has 5 nitrogen and oxygen atoms in total. The van der Waals surface area contributed by atoms with Gasteiger partial charge >= 0.3 is 5.97 Å². The van der Waals surface area contributed by atoms with E-state index in [1.165, 1.54) is 19.2 Å². The first-order valence-electron chi connectivity index (χ1n) is 6.69. The number of methoxy groups -OCH3 is 1. The number of hydrogen-bond acceptors (Lipinski definition) is 4. The lowest BCUT2D eigenvalue weighted by Crippen LogP contribution is -2.41. The lowest BCUT2D eigenvalue weighted by Gasteiger charge is -2.21. The number of carbonyl (C=O) groups is 2. The molecule has 1 atom stereocenters. The monoisotopic (exact) mass is 342 g/mol. The first-order valence-corrected chi connectivity index (χ1v) is 7.45. The number of amides is 1. The summed E-state index contributed by atoms with van der Waals surface area (Å²) in [5.41, 5.74) is -0.308. The Morgan fingerprint density at radius 2 is 1.91 bits per heavy atom. The number of rotatable bonds is 3. The molecule has 118 valence electrons. The standard InChI is InChI=1S/C15H16Cl2N2O3/c1-7(2)15(3)14(21)18-12(19-15)8-5-10(16)11(17)6-9(8)13(20)22-4/h5-7H,1-4H3,(H,18,19,21). The third kappa shape index (κ3) is 2.71. The van der Waals surface area contributed by atoms with E-state index >= 15 is 0 Å². The highest BCUT2D eigenvalue weighted by atomic mass is 35.5. The van der Waals surface area contributed by atoms with Crippen molar-refractivity contribution in [1.82, 2.24) is 5.32 Å². The molecule has 1 unspecified atom stereocenters. The summed E-state index contributed by atoms with van der Waals surface area (Å²) in [7, 11) is 1.27. The molecule has 1 N–H and O–H groups in total. The van der Waals surface area contributed by atoms with E-state index in [0.717, 1.165) is 0 Å². The number of hydrogen-bond donors (Lipinski definition) is 1. The molecule has 0 saturated heterocycles. The van der Waals surface area contributed by atoms with E-state index in [1.807, 2.05) is 13.8 Å². The van der Waals surface area contributed by atoms with Crippen LogP contribution in [0.5, 0.6) is 0 Å². The second-order valence-corrected chi connectivity index (χ2v) is 6.33. The van der Waals surface area contributed by atoms with E-state index in [4.69, 9.17) is 27.9 Å². The van der Waals surface area contributed by atoms with E-state index in [2.05, 4.69) is 10.3 Å². The number of nitrogens with zero attached hydrogens (tertiary/aromatic N) is 1. The van der Waals surface area contributed by atoms with Gasteiger partial charge in [0.05, 0.1) is 22.7 Å². The molecule has 1 aromatic rings. The first kappa shape index (κ1) is 16.8. The van der Waals surface area contributed by atoms with Gasteiger partial charge in [0, 0.05) is 5.56 Å². The van der Waals surface area contributed by atoms with Gasteiger partial charge in [0.1, 0.15) is 11.4 Å². The minimum Gasteiger partial charge on any atom is -0.465 e. The van der Waals surface area contributed by atoms with Crippen LogP contribution in [0.3, 0.4) is 0 Å². The molecule has 2 rings (SSSR count). The topological polar surface area (TPSA) is 67.8 Å². The molecule has 0 aromatic heterocycles. The first-order chi connectivity index (χ1) is 10.2. The van der Waals surface area contributed by atoms with Crippen LogP contribution in [0.4, 0.5) is 0 Å². The average Bonchev–Trinajstić information content (AvgIpc) is 2.77. The van der Waals surface area contributed by atoms with Crippen molar-refractivity contribution < 1.29 is 14.3 Å². The molecular weight excluding hydrogens is 327 g/mol. The number of nitrogens with one attached hydrogen (secondary N) is 1. The number of amidine groups is 1. The third-order valence-corrected chi connectivity index (χ3v) is 4.60. The highest BCUT2D eigenvalue weighted by Crippen LogP contribution is 2.31. The van der Waals surface area contributed by atoms with E-state index in [0.29, 0.717) is 11.4 Å². The number of halogens is 2. The molecular formula is C15H16Cl2N2O3. The van der Waals surface area contributed by atoms with Crippen LogP contribution in [0.1, 0.15) is 36.7 Å². The van der Waals surface area contributed by atoms with Crippen molar-refractivity contribution in [2.24, 2.45) is 10.9 Å². The van der Waals surface area contributed by atoms with Gasteiger partial charge < -0.3 is 10.1 Å². The molecule has 7 heteroatoms. The number of ether oxygens (including phenoxy) is 1. The Balaban J connectivity index is 2.61. The van der Waals surface area contributed by atoms with Crippen LogP contribution in [-0.4, -0.2) is 30.4 Å². The Kier molecular flexibility index (Phi) is 4.49. The molecule has 1 aliphatic heterocycles. The zero-order valence-electron chi connectivity index (χ0n) is 12.7. The molecule has 0 radical (unpaired) electrons. The smallest absolute Gasteiger partial charge is 0.338 e. The van der Waals surface area contributed by atoms with Crippen LogP contribution in [0.15, 0.2) is 17.1 Å². The summed E-state index contributed by atoms with van der Waals surface area (Å²) >= 11 is 12.0. The number of esters is 1. The van der Waals surface area contributed by atoms with Crippen molar-refractivity contribution in [2.75, 3.05) is 7.11 Å². The van der Waals surface area contributed by atoms with Gasteiger partial charge in [0.2, 0.25) is 0 Å². The van der Waals surface area contributed by atoms with Gasteiger partial charge in [-0.2, -0.15) is 0 Å². The summed E-state index contributed by atoms with van der Waals surface area (Å²) in [4.78, 5) is 28.6. The van der Waals surface area contributed by atoms with Crippen LogP contribution in [0.25, 0.3) is 0 Å². The van der Waals surface area contributed by atoms with Gasteiger partial charge in [-0.1, -0.05) is 37.0 Å². The summed E-state index contributed by atoms with van der Waals surface area (Å²) in [5.74, 6) is -0.516. The molecule has 1 amide bonds. The van der Waals surface area contributed by atoms with Gasteiger partial charge in [-0.3, -0.25) is 9.79 Å². The Bertz CT molecular complexity index is 686. The van der Waals surface area contributed by atoms with Gasteiger partial charge in [-0.15, -0.1) is 0 Å². The van der Waals surface area contributed by atoms with E-state index < -0.39 is 11.5 Å². The van der Waals surface area contributed by atoms with Crippen molar-refractivity contribution in [3.8, 4) is 0 Å². The summed E-state index contributed by atoms with van der Waals surface area (Å²) in [6.45, 7) is 5.56. The Morgan fingerprint density at radius 3 is 2.41 bits per heavy atom. The molecule has 0 aliphatic carbocycles. The fourth-order valence-corrected chi connectivity index (χ4v) is 2.41. The largest absolute Gasteiger partial charge is 0.465 e. The van der Waals surface area contributed by atoms with Crippen LogP contribution in [0, 0.1) is 5.92 Å². The SMILES string of the molecule is COC(=O)c1cc(Cl)c(Cl)cc1C1=NC(C)(C(C)C)C(=O)N1. The number of carbonyl (C=O) groups excluding carboxylic acids is 2. The zero-order valence-corrected chi connectivity index (χ0v) is 14.2. The van der Waals surface area contributed by atoms with Gasteiger partial charge in [-0.05, 0) is 25.0 Å². The minimum absolute atomic E-state index is 0.00523. The lowest BCUT2D eigenvalue weighted by atomic mass is 9.89. The highest BCUT2D eigenvalue weighted by molar-refractivity contribution is 6.42. The molecule has 22 heavy (non-hydrogen) atoms. The predicted octanol–water partition coefficient (Wildman–Crippen LogP) is 3.07. The van der Waals surface area contributed by atoms with Crippen molar-refractivity contribution in [3.05, 3.63) is 33.3 Å². The second-order valence-electron chi connectivity index (χ2n) is 5.52. The lowest BCUT2D eigenvalue weighted by molar-refractivity contribution is -0.124. The number of aliphatic imine (C=N–C) groups is 1. The maximum absolute atomic E-state index is 12.2. The van der Waals surface area contributed by atoms with E-state index in [-0.39, 0.29) is 27.4 Å². The molecule has 0 saturated carbocycles. The summed E-state index contributed by atoms with van der Waals surface area (Å²) in [5, 5.41) is 3.20.